The maximum Gasteiger partial charge on any atom is 0.312 e. The van der Waals surface area contributed by atoms with E-state index in [-0.39, 0.29) is 150 Å². The number of guanidine groups is 3. The molecule has 0 saturated carbocycles. The minimum Gasteiger partial charge on any atom is -0.496 e. The molecule has 0 aliphatic carbocycles. The van der Waals surface area contributed by atoms with Crippen LogP contribution in [0.1, 0.15) is 92.8 Å². The lowest BCUT2D eigenvalue weighted by atomic mass is 10.1. The topological polar surface area (TPSA) is 551 Å². The van der Waals surface area contributed by atoms with Gasteiger partial charge in [-0.25, -0.2) is 4.79 Å². The Hall–Kier alpha value is -11.1. The summed E-state index contributed by atoms with van der Waals surface area (Å²) in [6.45, 7) is 0.609. The number of nitrogens with one attached hydrogen (secondary N) is 14. The van der Waals surface area contributed by atoms with E-state index >= 15 is 0 Å². The number of primary amides is 2. The first kappa shape index (κ1) is 70.4. The van der Waals surface area contributed by atoms with E-state index in [4.69, 9.17) is 69.6 Å². The second-order valence-electron chi connectivity index (χ2n) is 19.5. The average molecular weight is 1240 g/mol. The maximum absolute atomic E-state index is 14.3. The third-order valence-corrected chi connectivity index (χ3v) is 13.0. The summed E-state index contributed by atoms with van der Waals surface area (Å²) in [5.41, 5.74) is 33.1. The van der Waals surface area contributed by atoms with Crippen LogP contribution in [0, 0.1) is 16.2 Å². The van der Waals surface area contributed by atoms with E-state index in [1.165, 1.54) is 101 Å². The van der Waals surface area contributed by atoms with Gasteiger partial charge in [0.25, 0.3) is 23.6 Å². The summed E-state index contributed by atoms with van der Waals surface area (Å²) in [5.74, 6) is -6.71. The minimum absolute atomic E-state index is 0.00699. The largest absolute Gasteiger partial charge is 0.496 e. The van der Waals surface area contributed by atoms with Crippen LogP contribution in [0.15, 0.2) is 72.8 Å². The smallest absolute Gasteiger partial charge is 0.312 e. The zero-order valence-electron chi connectivity index (χ0n) is 49.5. The number of benzene rings is 4. The van der Waals surface area contributed by atoms with Crippen LogP contribution < -0.4 is 112 Å². The van der Waals surface area contributed by atoms with Crippen molar-refractivity contribution < 1.29 is 62.1 Å². The van der Waals surface area contributed by atoms with Gasteiger partial charge in [0.15, 0.2) is 17.9 Å². The van der Waals surface area contributed by atoms with Crippen molar-refractivity contribution in [2.75, 3.05) is 75.9 Å². The number of amides is 10. The lowest BCUT2D eigenvalue weighted by molar-refractivity contribution is -0.118. The van der Waals surface area contributed by atoms with Crippen molar-refractivity contribution in [1.29, 1.82) is 16.2 Å². The first-order valence-corrected chi connectivity index (χ1v) is 27.6. The van der Waals surface area contributed by atoms with Crippen molar-refractivity contribution in [3.05, 3.63) is 95.1 Å². The second-order valence-corrected chi connectivity index (χ2v) is 19.5. The molecule has 33 nitrogen and oxygen atoms in total. The fraction of sp³-hybridized carbons (Fsp3) is 0.357. The standard InChI is InChI=1S/C56H78N20O13/c1-86-41-17-13-29(25-33(41)45(58)77)71-50(82)38(10-6-22-67-54(61)62)74-47(79)35-28-32(16-20-43(35)88-3)73-52(84)40(12-8-24-69-56(65)85)76-48(80)36-27-31(15-19-44(36)89-4)72-51(83)39(11-7-23-68-55(63)64)75-46(78)34-26-30(14-18-42(34)87-2)70-49(81)37(57)9-5-21-66-53(59)60/h13-20,25-28,37-40H,5-12,21-24,57H2,1-4H3,(H2,58,77)(H,70,81)(H,71,82)(H,72,83)(H,73,84)(H,74,79)(H,75,78)(H,76,80)(H4,59,60,66)(H4,61,62,67)(H4,63,64,68)(H3,65,69,85)/t37-,38-,39-,40-/m1/s1. The number of anilines is 4. The third-order valence-electron chi connectivity index (χ3n) is 13.0. The molecule has 0 heterocycles. The van der Waals surface area contributed by atoms with E-state index in [2.05, 4.69) is 58.5 Å². The Morgan fingerprint density at radius 2 is 0.663 bits per heavy atom. The van der Waals surface area contributed by atoms with E-state index in [0.29, 0.717) is 13.0 Å². The summed E-state index contributed by atoms with van der Waals surface area (Å²) in [6.07, 6.45) is 1.12. The summed E-state index contributed by atoms with van der Waals surface area (Å²) in [6, 6.07) is 10.9. The van der Waals surface area contributed by atoms with Crippen molar-refractivity contribution in [3.8, 4) is 23.0 Å². The lowest BCUT2D eigenvalue weighted by Gasteiger charge is -2.22. The highest BCUT2D eigenvalue weighted by Crippen LogP contribution is 2.28. The minimum atomic E-state index is -1.37. The molecular formula is C56H78N20O13. The molecule has 89 heavy (non-hydrogen) atoms. The number of methoxy groups -OCH3 is 4. The highest BCUT2D eigenvalue weighted by Gasteiger charge is 2.29. The summed E-state index contributed by atoms with van der Waals surface area (Å²) < 4.78 is 21.6. The van der Waals surface area contributed by atoms with Crippen molar-refractivity contribution in [2.24, 2.45) is 34.4 Å². The molecule has 0 bridgehead atoms. The molecule has 0 saturated heterocycles. The van der Waals surface area contributed by atoms with Gasteiger partial charge >= 0.3 is 6.03 Å². The summed E-state index contributed by atoms with van der Waals surface area (Å²) in [5, 5.41) is 51.5. The van der Waals surface area contributed by atoms with Gasteiger partial charge in [0.1, 0.15) is 41.1 Å². The molecule has 0 radical (unpaired) electrons. The lowest BCUT2D eigenvalue weighted by Crippen LogP contribution is -2.45. The van der Waals surface area contributed by atoms with Crippen molar-refractivity contribution in [1.82, 2.24) is 37.2 Å². The van der Waals surface area contributed by atoms with Crippen molar-refractivity contribution in [2.45, 2.75) is 75.5 Å². The molecule has 4 aromatic rings. The van der Waals surface area contributed by atoms with Gasteiger partial charge in [-0.15, -0.1) is 0 Å². The average Bonchev–Trinajstić information content (AvgIpc) is 2.33. The highest BCUT2D eigenvalue weighted by molar-refractivity contribution is 6.08. The van der Waals surface area contributed by atoms with Crippen LogP contribution in [0.4, 0.5) is 27.5 Å². The second kappa shape index (κ2) is 35.4. The van der Waals surface area contributed by atoms with Crippen LogP contribution in [0.25, 0.3) is 0 Å². The van der Waals surface area contributed by atoms with Gasteiger partial charge in [-0.05, 0) is 124 Å². The molecule has 0 aliphatic heterocycles. The fourth-order valence-corrected chi connectivity index (χ4v) is 8.56. The third kappa shape index (κ3) is 23.0. The van der Waals surface area contributed by atoms with Gasteiger partial charge in [-0.2, -0.15) is 0 Å². The van der Waals surface area contributed by atoms with Gasteiger partial charge in [-0.3, -0.25) is 54.6 Å². The Kier molecular flexibility index (Phi) is 28.0. The molecule has 4 rings (SSSR count). The number of carbonyl (C=O) groups is 9. The van der Waals surface area contributed by atoms with Crippen LogP contribution in [-0.2, 0) is 19.2 Å². The molecule has 26 N–H and O–H groups in total. The molecule has 33 heteroatoms. The van der Waals surface area contributed by atoms with Gasteiger partial charge in [0.2, 0.25) is 23.6 Å². The Labute approximate surface area is 511 Å². The van der Waals surface area contributed by atoms with E-state index in [0.717, 1.165) is 0 Å². The first-order chi connectivity index (χ1) is 42.4. The molecule has 4 aromatic carbocycles. The Morgan fingerprint density at radius 1 is 0.393 bits per heavy atom. The van der Waals surface area contributed by atoms with Gasteiger partial charge in [0, 0.05) is 48.9 Å². The van der Waals surface area contributed by atoms with E-state index in [1.54, 1.807) is 0 Å². The van der Waals surface area contributed by atoms with E-state index in [1.807, 2.05) is 0 Å². The van der Waals surface area contributed by atoms with Gasteiger partial charge < -0.3 is 112 Å². The molecule has 0 spiro atoms. The quantitative estimate of drug-likeness (QED) is 0.0157. The molecule has 0 unspecified atom stereocenters. The van der Waals surface area contributed by atoms with Gasteiger partial charge in [0.05, 0.1) is 56.7 Å². The SMILES string of the molecule is COc1ccc(NC(=O)[C@@H](CCCNC(=N)N)NC(=O)c2cc(NC(=O)[C@@H](CCCNC(N)=O)NC(=O)c3cc(NC(=O)[C@@H](CCCNC(=N)N)NC(=O)c4cc(NC(=O)[C@H](N)CCCNC(=N)N)ccc4OC)ccc3OC)ccc2OC)cc1C(N)=O. The Bertz CT molecular complexity index is 3240. The number of urea groups is 1. The normalized spacial score (nSPS) is 11.9. The van der Waals surface area contributed by atoms with Crippen LogP contribution in [0.2, 0.25) is 0 Å². The van der Waals surface area contributed by atoms with Crippen LogP contribution in [0.3, 0.4) is 0 Å². The Balaban J connectivity index is 1.59. The van der Waals surface area contributed by atoms with E-state index in [9.17, 15) is 43.2 Å². The summed E-state index contributed by atoms with van der Waals surface area (Å²) in [4.78, 5) is 121. The number of rotatable bonds is 35. The maximum atomic E-state index is 14.3. The van der Waals surface area contributed by atoms with Crippen LogP contribution in [0.5, 0.6) is 23.0 Å². The zero-order valence-corrected chi connectivity index (χ0v) is 49.5. The number of hydrogen-bond donors (Lipinski definition) is 20. The Morgan fingerprint density at radius 3 is 0.944 bits per heavy atom. The molecule has 480 valence electrons. The zero-order chi connectivity index (χ0) is 65.7. The molecule has 10 amide bonds. The monoisotopic (exact) mass is 1240 g/mol. The first-order valence-electron chi connectivity index (χ1n) is 27.6. The van der Waals surface area contributed by atoms with E-state index < -0.39 is 77.5 Å². The number of ether oxygens (including phenoxy) is 4. The highest BCUT2D eigenvalue weighted by atomic mass is 16.5. The van der Waals surface area contributed by atoms with Crippen LogP contribution in [-0.4, -0.2) is 150 Å². The number of carbonyl (C=O) groups excluding carboxylic acids is 9. The molecule has 4 atom stereocenters. The van der Waals surface area contributed by atoms with Crippen molar-refractivity contribution >= 4 is 93.9 Å². The predicted molar refractivity (Wildman–Crippen MR) is 331 cm³/mol. The summed E-state index contributed by atoms with van der Waals surface area (Å²) in [7, 11) is 5.23. The van der Waals surface area contributed by atoms with Crippen LogP contribution >= 0.6 is 0 Å². The van der Waals surface area contributed by atoms with Crippen molar-refractivity contribution in [3.63, 3.8) is 0 Å². The molecular weight excluding hydrogens is 1160 g/mol. The molecule has 0 aromatic heterocycles. The molecule has 0 aliphatic rings. The number of nitrogens with two attached hydrogens (primary N) is 6. The number of hydrogen-bond acceptors (Lipinski definition) is 17. The summed E-state index contributed by atoms with van der Waals surface area (Å²) >= 11 is 0. The molecule has 0 fully saturated rings. The van der Waals surface area contributed by atoms with Gasteiger partial charge in [-0.1, -0.05) is 0 Å². The predicted octanol–water partition coefficient (Wildman–Crippen LogP) is -0.465. The fourth-order valence-electron chi connectivity index (χ4n) is 8.56.